The van der Waals surface area contributed by atoms with E-state index in [1.54, 1.807) is 0 Å². The molecule has 0 aromatic carbocycles. The van der Waals surface area contributed by atoms with E-state index in [9.17, 15) is 19.5 Å². The fraction of sp³-hybridized carbons (Fsp3) is 0.842. The zero-order chi connectivity index (χ0) is 18.3. The number of carbonyl (C=O) groups excluding carboxylic acids is 2. The minimum absolute atomic E-state index is 0.00228. The van der Waals surface area contributed by atoms with Gasteiger partial charge in [-0.3, -0.25) is 9.59 Å². The van der Waals surface area contributed by atoms with Gasteiger partial charge in [0.15, 0.2) is 6.04 Å². The van der Waals surface area contributed by atoms with Crippen LogP contribution in [0.2, 0.25) is 0 Å². The number of hydrogen-bond donors (Lipinski definition) is 2. The van der Waals surface area contributed by atoms with Crippen molar-refractivity contribution in [1.29, 1.82) is 0 Å². The van der Waals surface area contributed by atoms with Crippen LogP contribution in [0.3, 0.4) is 0 Å². The number of carbonyl (C=O) groups is 3. The Morgan fingerprint density at radius 2 is 1.69 bits per heavy atom. The first kappa shape index (κ1) is 17.8. The topological polar surface area (TPSA) is 95.9 Å². The molecule has 1 heterocycles. The Bertz CT molecular complexity index is 569. The summed E-state index contributed by atoms with van der Waals surface area (Å²) in [5.41, 5.74) is 0.143. The summed E-state index contributed by atoms with van der Waals surface area (Å²) < 4.78 is 5.15. The SMILES string of the molecule is O=C(CC12CC3CC(CC(C3)C1)C2)NCC(=O)N1CCOCC1C(=O)O. The van der Waals surface area contributed by atoms with Crippen molar-refractivity contribution >= 4 is 17.8 Å². The van der Waals surface area contributed by atoms with Crippen LogP contribution in [-0.4, -0.2) is 60.1 Å². The molecule has 5 fully saturated rings. The van der Waals surface area contributed by atoms with Crippen LogP contribution in [0.25, 0.3) is 0 Å². The summed E-state index contributed by atoms with van der Waals surface area (Å²) in [6.45, 7) is 0.453. The first-order valence-corrected chi connectivity index (χ1v) is 9.81. The molecule has 26 heavy (non-hydrogen) atoms. The number of carboxylic acid groups (broad SMARTS) is 1. The second-order valence-corrected chi connectivity index (χ2v) is 8.89. The van der Waals surface area contributed by atoms with E-state index >= 15 is 0 Å². The Labute approximate surface area is 153 Å². The fourth-order valence-corrected chi connectivity index (χ4v) is 6.29. The lowest BCUT2D eigenvalue weighted by Gasteiger charge is -2.56. The van der Waals surface area contributed by atoms with Crippen molar-refractivity contribution in [3.05, 3.63) is 0 Å². The van der Waals surface area contributed by atoms with E-state index in [4.69, 9.17) is 4.74 Å². The molecule has 4 aliphatic carbocycles. The number of carboxylic acids is 1. The number of rotatable bonds is 5. The maximum atomic E-state index is 12.5. The van der Waals surface area contributed by atoms with E-state index in [2.05, 4.69) is 5.32 Å². The summed E-state index contributed by atoms with van der Waals surface area (Å²) >= 11 is 0. The summed E-state index contributed by atoms with van der Waals surface area (Å²) in [7, 11) is 0. The van der Waals surface area contributed by atoms with E-state index in [1.165, 1.54) is 24.2 Å². The maximum Gasteiger partial charge on any atom is 0.328 e. The molecule has 0 radical (unpaired) electrons. The lowest BCUT2D eigenvalue weighted by atomic mass is 9.49. The molecule has 5 rings (SSSR count). The van der Waals surface area contributed by atoms with Gasteiger partial charge in [0.1, 0.15) is 0 Å². The molecule has 4 saturated carbocycles. The van der Waals surface area contributed by atoms with Crippen molar-refractivity contribution in [1.82, 2.24) is 10.2 Å². The molecular weight excluding hydrogens is 336 g/mol. The van der Waals surface area contributed by atoms with Gasteiger partial charge in [-0.2, -0.15) is 0 Å². The fourth-order valence-electron chi connectivity index (χ4n) is 6.29. The standard InChI is InChI=1S/C19H28N2O5/c22-16(9-19-6-12-3-13(7-19)5-14(4-12)8-19)20-10-17(23)21-1-2-26-11-15(21)18(24)25/h12-15H,1-11H2,(H,20,22)(H,24,25). The van der Waals surface area contributed by atoms with Crippen LogP contribution in [-0.2, 0) is 19.1 Å². The minimum Gasteiger partial charge on any atom is -0.480 e. The van der Waals surface area contributed by atoms with Gasteiger partial charge in [0.05, 0.1) is 19.8 Å². The largest absolute Gasteiger partial charge is 0.480 e. The number of morpholine rings is 1. The first-order chi connectivity index (χ1) is 12.4. The second kappa shape index (κ2) is 6.83. The molecule has 1 saturated heterocycles. The Balaban J connectivity index is 1.30. The van der Waals surface area contributed by atoms with E-state index in [0.29, 0.717) is 13.0 Å². The van der Waals surface area contributed by atoms with Gasteiger partial charge in [0.25, 0.3) is 0 Å². The number of hydrogen-bond acceptors (Lipinski definition) is 4. The molecule has 0 aromatic heterocycles. The Kier molecular flexibility index (Phi) is 4.67. The molecule has 2 N–H and O–H groups in total. The number of ether oxygens (including phenoxy) is 1. The van der Waals surface area contributed by atoms with Gasteiger partial charge in [0, 0.05) is 13.0 Å². The van der Waals surface area contributed by atoms with Gasteiger partial charge in [0.2, 0.25) is 11.8 Å². The van der Waals surface area contributed by atoms with Gasteiger partial charge in [-0.1, -0.05) is 0 Å². The van der Waals surface area contributed by atoms with Crippen molar-refractivity contribution < 1.29 is 24.2 Å². The van der Waals surface area contributed by atoms with Crippen LogP contribution in [0.5, 0.6) is 0 Å². The van der Waals surface area contributed by atoms with Crippen molar-refractivity contribution in [2.24, 2.45) is 23.2 Å². The summed E-state index contributed by atoms with van der Waals surface area (Å²) in [4.78, 5) is 37.4. The molecule has 5 aliphatic rings. The highest BCUT2D eigenvalue weighted by Crippen LogP contribution is 2.61. The minimum atomic E-state index is -1.07. The Morgan fingerprint density at radius 3 is 2.27 bits per heavy atom. The van der Waals surface area contributed by atoms with Crippen LogP contribution in [0.1, 0.15) is 44.9 Å². The van der Waals surface area contributed by atoms with E-state index < -0.39 is 12.0 Å². The number of aliphatic carboxylic acids is 1. The van der Waals surface area contributed by atoms with Crippen molar-refractivity contribution in [2.45, 2.75) is 51.0 Å². The molecule has 1 atom stereocenters. The maximum absolute atomic E-state index is 12.5. The normalized spacial score (nSPS) is 38.2. The van der Waals surface area contributed by atoms with Crippen molar-refractivity contribution in [3.63, 3.8) is 0 Å². The summed E-state index contributed by atoms with van der Waals surface area (Å²) in [5, 5.41) is 12.0. The molecule has 7 nitrogen and oxygen atoms in total. The highest BCUT2D eigenvalue weighted by molar-refractivity contribution is 5.88. The van der Waals surface area contributed by atoms with Crippen molar-refractivity contribution in [3.8, 4) is 0 Å². The number of amides is 2. The van der Waals surface area contributed by atoms with Gasteiger partial charge in [-0.15, -0.1) is 0 Å². The molecule has 0 spiro atoms. The molecule has 0 aromatic rings. The van der Waals surface area contributed by atoms with E-state index in [-0.39, 0.29) is 36.9 Å². The highest BCUT2D eigenvalue weighted by atomic mass is 16.5. The van der Waals surface area contributed by atoms with Crippen molar-refractivity contribution in [2.75, 3.05) is 26.3 Å². The Hall–Kier alpha value is -1.63. The number of nitrogens with zero attached hydrogens (tertiary/aromatic N) is 1. The summed E-state index contributed by atoms with van der Waals surface area (Å²) in [5.74, 6) is 0.888. The van der Waals surface area contributed by atoms with Crippen LogP contribution in [0, 0.1) is 23.2 Å². The average molecular weight is 364 g/mol. The first-order valence-electron chi connectivity index (χ1n) is 9.81. The van der Waals surface area contributed by atoms with Crippen LogP contribution >= 0.6 is 0 Å². The molecule has 2 amide bonds. The lowest BCUT2D eigenvalue weighted by Crippen LogP contribution is -2.55. The van der Waals surface area contributed by atoms with Gasteiger partial charge >= 0.3 is 5.97 Å². The summed E-state index contributed by atoms with van der Waals surface area (Å²) in [6.07, 6.45) is 8.00. The number of nitrogens with one attached hydrogen (secondary N) is 1. The third-order valence-electron chi connectivity index (χ3n) is 6.87. The van der Waals surface area contributed by atoms with Gasteiger partial charge in [-0.05, 0) is 61.7 Å². The molecule has 1 aliphatic heterocycles. The van der Waals surface area contributed by atoms with Crippen LogP contribution < -0.4 is 5.32 Å². The quantitative estimate of drug-likeness (QED) is 0.759. The van der Waals surface area contributed by atoms with Gasteiger partial charge in [-0.25, -0.2) is 4.79 Å². The molecular formula is C19H28N2O5. The van der Waals surface area contributed by atoms with Gasteiger partial charge < -0.3 is 20.1 Å². The zero-order valence-corrected chi connectivity index (χ0v) is 15.1. The lowest BCUT2D eigenvalue weighted by molar-refractivity contribution is -0.158. The van der Waals surface area contributed by atoms with E-state index in [0.717, 1.165) is 37.0 Å². The third-order valence-corrected chi connectivity index (χ3v) is 6.87. The van der Waals surface area contributed by atoms with Crippen LogP contribution in [0.4, 0.5) is 0 Å². The molecule has 7 heteroatoms. The highest BCUT2D eigenvalue weighted by Gasteiger charge is 2.51. The predicted molar refractivity (Wildman–Crippen MR) is 92.2 cm³/mol. The summed E-state index contributed by atoms with van der Waals surface area (Å²) in [6, 6.07) is -0.962. The monoisotopic (exact) mass is 364 g/mol. The molecule has 144 valence electrons. The average Bonchev–Trinajstić information content (AvgIpc) is 2.58. The molecule has 4 bridgehead atoms. The third kappa shape index (κ3) is 3.46. The van der Waals surface area contributed by atoms with Crippen LogP contribution in [0.15, 0.2) is 0 Å². The smallest absolute Gasteiger partial charge is 0.328 e. The Morgan fingerprint density at radius 1 is 1.08 bits per heavy atom. The predicted octanol–water partition coefficient (Wildman–Crippen LogP) is 1.02. The zero-order valence-electron chi connectivity index (χ0n) is 15.1. The van der Waals surface area contributed by atoms with E-state index in [1.807, 2.05) is 0 Å². The second-order valence-electron chi connectivity index (χ2n) is 8.89. The molecule has 1 unspecified atom stereocenters.